The smallest absolute Gasteiger partial charge is 0.138 e. The first-order chi connectivity index (χ1) is 4.61. The Morgan fingerprint density at radius 2 is 1.90 bits per heavy atom. The van der Waals surface area contributed by atoms with Crippen LogP contribution >= 0.6 is 31.9 Å². The molecule has 1 rings (SSSR count). The molecular weight excluding hydrogens is 263 g/mol. The van der Waals surface area contributed by atoms with E-state index in [1.807, 2.05) is 13.0 Å². The van der Waals surface area contributed by atoms with Gasteiger partial charge in [-0.1, -0.05) is 0 Å². The topological polar surface area (TPSA) is 0 Å². The first-order valence-electron chi connectivity index (χ1n) is 2.72. The lowest BCUT2D eigenvalue weighted by molar-refractivity contribution is 0.619. The maximum atomic E-state index is 12.8. The van der Waals surface area contributed by atoms with Gasteiger partial charge in [-0.25, -0.2) is 4.39 Å². The summed E-state index contributed by atoms with van der Waals surface area (Å²) in [7, 11) is 0. The van der Waals surface area contributed by atoms with Crippen molar-refractivity contribution in [3.05, 3.63) is 32.5 Å². The number of halogens is 3. The Morgan fingerprint density at radius 3 is 2.40 bits per heavy atom. The van der Waals surface area contributed by atoms with Gasteiger partial charge in [0.05, 0.1) is 4.47 Å². The second-order valence-corrected chi connectivity index (χ2v) is 3.69. The Balaban J connectivity index is 3.31. The van der Waals surface area contributed by atoms with Gasteiger partial charge < -0.3 is 0 Å². The molecule has 0 spiro atoms. The summed E-state index contributed by atoms with van der Waals surface area (Å²) in [6, 6.07) is 3.34. The Bertz CT molecular complexity index is 235. The molecule has 0 radical (unpaired) electrons. The zero-order valence-electron chi connectivity index (χ0n) is 5.29. The molecule has 1 aromatic carbocycles. The summed E-state index contributed by atoms with van der Waals surface area (Å²) in [6.07, 6.45) is 0. The Kier molecular flexibility index (Phi) is 2.47. The third-order valence-corrected chi connectivity index (χ3v) is 3.09. The summed E-state index contributed by atoms with van der Waals surface area (Å²) < 4.78 is 14.0. The molecule has 0 saturated heterocycles. The predicted octanol–water partition coefficient (Wildman–Crippen LogP) is 3.66. The van der Waals surface area contributed by atoms with Gasteiger partial charge in [-0.15, -0.1) is 0 Å². The number of hydrogen-bond donors (Lipinski definition) is 0. The van der Waals surface area contributed by atoms with Crippen LogP contribution in [0.2, 0.25) is 0 Å². The largest absolute Gasteiger partial charge is 0.206 e. The highest BCUT2D eigenvalue weighted by Gasteiger charge is 2.02. The monoisotopic (exact) mass is 266 g/mol. The van der Waals surface area contributed by atoms with Crippen LogP contribution < -0.4 is 0 Å². The van der Waals surface area contributed by atoms with Gasteiger partial charge in [-0.05, 0) is 56.5 Å². The van der Waals surface area contributed by atoms with E-state index in [0.717, 1.165) is 10.0 Å². The molecule has 0 saturated carbocycles. The highest BCUT2D eigenvalue weighted by Crippen LogP contribution is 2.26. The first-order valence-corrected chi connectivity index (χ1v) is 4.31. The third kappa shape index (κ3) is 1.58. The molecule has 0 bridgehead atoms. The van der Waals surface area contributed by atoms with Gasteiger partial charge in [0, 0.05) is 4.47 Å². The molecule has 0 heterocycles. The highest BCUT2D eigenvalue weighted by atomic mass is 79.9. The van der Waals surface area contributed by atoms with Crippen molar-refractivity contribution in [3.63, 3.8) is 0 Å². The molecule has 0 N–H and O–H groups in total. The van der Waals surface area contributed by atoms with E-state index < -0.39 is 0 Å². The van der Waals surface area contributed by atoms with Crippen LogP contribution in [0.4, 0.5) is 4.39 Å². The zero-order valence-corrected chi connectivity index (χ0v) is 8.46. The molecule has 54 valence electrons. The summed E-state index contributed by atoms with van der Waals surface area (Å²) in [6.45, 7) is 1.85. The van der Waals surface area contributed by atoms with Crippen molar-refractivity contribution in [1.82, 2.24) is 0 Å². The van der Waals surface area contributed by atoms with Gasteiger partial charge in [0.25, 0.3) is 0 Å². The van der Waals surface area contributed by atoms with Crippen molar-refractivity contribution < 1.29 is 4.39 Å². The normalized spacial score (nSPS) is 10.0. The molecule has 0 fully saturated rings. The van der Waals surface area contributed by atoms with Gasteiger partial charge in [-0.2, -0.15) is 0 Å². The molecule has 3 heteroatoms. The van der Waals surface area contributed by atoms with Crippen LogP contribution in [0.1, 0.15) is 5.56 Å². The summed E-state index contributed by atoms with van der Waals surface area (Å²) in [5.74, 6) is -0.230. The molecule has 10 heavy (non-hydrogen) atoms. The maximum Gasteiger partial charge on any atom is 0.138 e. The molecule has 0 unspecified atom stereocenters. The molecular formula is C7H5Br2F. The summed E-state index contributed by atoms with van der Waals surface area (Å²) in [4.78, 5) is 0. The SMILES string of the molecule is Cc1cc(F)c(Br)c(Br)c1. The lowest BCUT2D eigenvalue weighted by Crippen LogP contribution is -1.80. The summed E-state index contributed by atoms with van der Waals surface area (Å²) >= 11 is 6.30. The third-order valence-electron chi connectivity index (χ3n) is 1.13. The molecule has 0 aliphatic carbocycles. The van der Waals surface area contributed by atoms with Crippen LogP contribution in [0.25, 0.3) is 0 Å². The minimum absolute atomic E-state index is 0.230. The average Bonchev–Trinajstić information content (AvgIpc) is 1.82. The van der Waals surface area contributed by atoms with Gasteiger partial charge in [0.1, 0.15) is 5.82 Å². The van der Waals surface area contributed by atoms with E-state index in [2.05, 4.69) is 31.9 Å². The van der Waals surface area contributed by atoms with Crippen LogP contribution in [0.3, 0.4) is 0 Å². The van der Waals surface area contributed by atoms with Crippen molar-refractivity contribution in [2.45, 2.75) is 6.92 Å². The Hall–Kier alpha value is 0.110. The van der Waals surface area contributed by atoms with Crippen LogP contribution in [0, 0.1) is 12.7 Å². The fraction of sp³-hybridized carbons (Fsp3) is 0.143. The fourth-order valence-corrected chi connectivity index (χ4v) is 1.46. The van der Waals surface area contributed by atoms with Crippen molar-refractivity contribution >= 4 is 31.9 Å². The van der Waals surface area contributed by atoms with E-state index in [1.165, 1.54) is 6.07 Å². The van der Waals surface area contributed by atoms with Gasteiger partial charge in [0.15, 0.2) is 0 Å². The molecule has 1 aromatic rings. The van der Waals surface area contributed by atoms with Crippen LogP contribution in [0.15, 0.2) is 21.1 Å². The van der Waals surface area contributed by atoms with Crippen molar-refractivity contribution in [2.75, 3.05) is 0 Å². The van der Waals surface area contributed by atoms with Crippen LogP contribution in [-0.4, -0.2) is 0 Å². The first kappa shape index (κ1) is 8.21. The van der Waals surface area contributed by atoms with E-state index in [-0.39, 0.29) is 5.82 Å². The number of benzene rings is 1. The highest BCUT2D eigenvalue weighted by molar-refractivity contribution is 9.13. The number of hydrogen-bond acceptors (Lipinski definition) is 0. The molecule has 0 aliphatic heterocycles. The van der Waals surface area contributed by atoms with E-state index in [9.17, 15) is 4.39 Å². The minimum atomic E-state index is -0.230. The van der Waals surface area contributed by atoms with Crippen LogP contribution in [0.5, 0.6) is 0 Å². The molecule has 0 aromatic heterocycles. The predicted molar refractivity (Wildman–Crippen MR) is 46.5 cm³/mol. The second kappa shape index (κ2) is 3.01. The van der Waals surface area contributed by atoms with Crippen molar-refractivity contribution in [3.8, 4) is 0 Å². The number of rotatable bonds is 0. The number of aryl methyl sites for hydroxylation is 1. The average molecular weight is 268 g/mol. The van der Waals surface area contributed by atoms with Crippen LogP contribution in [-0.2, 0) is 0 Å². The second-order valence-electron chi connectivity index (χ2n) is 2.04. The quantitative estimate of drug-likeness (QED) is 0.630. The van der Waals surface area contributed by atoms with Crippen molar-refractivity contribution in [1.29, 1.82) is 0 Å². The fourth-order valence-electron chi connectivity index (χ4n) is 0.682. The van der Waals surface area contributed by atoms with E-state index in [1.54, 1.807) is 0 Å². The Labute approximate surface area is 75.7 Å². The lowest BCUT2D eigenvalue weighted by atomic mass is 10.2. The summed E-state index contributed by atoms with van der Waals surface area (Å²) in [5, 5.41) is 0. The van der Waals surface area contributed by atoms with Crippen molar-refractivity contribution in [2.24, 2.45) is 0 Å². The molecule has 0 amide bonds. The zero-order chi connectivity index (χ0) is 7.72. The Morgan fingerprint density at radius 1 is 1.30 bits per heavy atom. The minimum Gasteiger partial charge on any atom is -0.206 e. The van der Waals surface area contributed by atoms with E-state index in [4.69, 9.17) is 0 Å². The van der Waals surface area contributed by atoms with Gasteiger partial charge in [0.2, 0.25) is 0 Å². The molecule has 0 nitrogen and oxygen atoms in total. The maximum absolute atomic E-state index is 12.8. The summed E-state index contributed by atoms with van der Waals surface area (Å²) in [5.41, 5.74) is 0.910. The molecule has 0 atom stereocenters. The molecule has 0 aliphatic rings. The van der Waals surface area contributed by atoms with E-state index >= 15 is 0 Å². The van der Waals surface area contributed by atoms with Gasteiger partial charge in [-0.3, -0.25) is 0 Å². The standard InChI is InChI=1S/C7H5Br2F/c1-4-2-5(8)7(9)6(10)3-4/h2-3H,1H3. The van der Waals surface area contributed by atoms with Gasteiger partial charge >= 0.3 is 0 Å². The van der Waals surface area contributed by atoms with E-state index in [0.29, 0.717) is 4.47 Å². The lowest BCUT2D eigenvalue weighted by Gasteiger charge is -1.98.